The zero-order chi connectivity index (χ0) is 24.8. The number of aliphatic imine (C=N–C) groups is 1. The van der Waals surface area contributed by atoms with Gasteiger partial charge in [-0.1, -0.05) is 12.1 Å². The van der Waals surface area contributed by atoms with Crippen LogP contribution in [-0.2, 0) is 9.47 Å². The van der Waals surface area contributed by atoms with Crippen LogP contribution in [0.2, 0.25) is 0 Å². The summed E-state index contributed by atoms with van der Waals surface area (Å²) in [5, 5.41) is 4.97. The standard InChI is InChI=1S/C24H32N4O5/c1-15-9-10-16(19-14-17(31-8)11-12-25-19)13-18(15)26-20(27-21(29)32-23(2,3)4)28-22(30)33-24(5,6)7/h9-14H,1-8H3,(H2,26,27,28,29,30). The number of ether oxygens (including phenoxy) is 3. The summed E-state index contributed by atoms with van der Waals surface area (Å²) < 4.78 is 15.9. The second-order valence-corrected chi connectivity index (χ2v) is 9.30. The zero-order valence-corrected chi connectivity index (χ0v) is 20.4. The van der Waals surface area contributed by atoms with Crippen LogP contribution in [-0.4, -0.2) is 41.4 Å². The number of hydrogen-bond donors (Lipinski definition) is 2. The zero-order valence-electron chi connectivity index (χ0n) is 20.4. The van der Waals surface area contributed by atoms with Crippen molar-refractivity contribution in [3.63, 3.8) is 0 Å². The minimum Gasteiger partial charge on any atom is -0.497 e. The van der Waals surface area contributed by atoms with Gasteiger partial charge in [-0.3, -0.25) is 15.6 Å². The molecule has 0 bridgehead atoms. The van der Waals surface area contributed by atoms with Crippen LogP contribution in [0.25, 0.3) is 11.3 Å². The molecule has 0 radical (unpaired) electrons. The highest BCUT2D eigenvalue weighted by molar-refractivity contribution is 6.02. The number of aryl methyl sites for hydroxylation is 1. The maximum absolute atomic E-state index is 12.3. The van der Waals surface area contributed by atoms with E-state index < -0.39 is 23.4 Å². The third-order valence-corrected chi connectivity index (χ3v) is 3.94. The highest BCUT2D eigenvalue weighted by Gasteiger charge is 2.21. The molecule has 2 rings (SSSR count). The van der Waals surface area contributed by atoms with Gasteiger partial charge in [0.1, 0.15) is 17.0 Å². The van der Waals surface area contributed by atoms with E-state index in [2.05, 4.69) is 20.6 Å². The number of hydrogen-bond acceptors (Lipinski definition) is 7. The van der Waals surface area contributed by atoms with Gasteiger partial charge in [-0.15, -0.1) is 0 Å². The topological polar surface area (TPSA) is 111 Å². The van der Waals surface area contributed by atoms with E-state index in [1.54, 1.807) is 73.0 Å². The average molecular weight is 457 g/mol. The number of alkyl carbamates (subject to hydrolysis) is 2. The highest BCUT2D eigenvalue weighted by Crippen LogP contribution is 2.28. The maximum Gasteiger partial charge on any atom is 0.414 e. The van der Waals surface area contributed by atoms with Gasteiger partial charge in [0.2, 0.25) is 5.96 Å². The van der Waals surface area contributed by atoms with E-state index in [-0.39, 0.29) is 5.96 Å². The van der Waals surface area contributed by atoms with Crippen molar-refractivity contribution in [3.8, 4) is 17.0 Å². The Morgan fingerprint density at radius 2 is 1.48 bits per heavy atom. The molecular weight excluding hydrogens is 424 g/mol. The molecule has 1 heterocycles. The molecule has 0 aliphatic carbocycles. The summed E-state index contributed by atoms with van der Waals surface area (Å²) in [6, 6.07) is 9.12. The molecule has 2 N–H and O–H groups in total. The fourth-order valence-electron chi connectivity index (χ4n) is 2.59. The van der Waals surface area contributed by atoms with Crippen molar-refractivity contribution in [1.29, 1.82) is 0 Å². The second kappa shape index (κ2) is 10.3. The van der Waals surface area contributed by atoms with E-state index in [1.807, 2.05) is 19.1 Å². The number of nitrogens with zero attached hydrogens (tertiary/aromatic N) is 2. The third kappa shape index (κ3) is 8.80. The maximum atomic E-state index is 12.3. The van der Waals surface area contributed by atoms with Crippen LogP contribution < -0.4 is 15.4 Å². The molecule has 0 aliphatic heterocycles. The highest BCUT2D eigenvalue weighted by atomic mass is 16.6. The summed E-state index contributed by atoms with van der Waals surface area (Å²) in [5.74, 6) is 0.543. The van der Waals surface area contributed by atoms with Crippen LogP contribution in [0.1, 0.15) is 47.1 Å². The quantitative estimate of drug-likeness (QED) is 0.491. The lowest BCUT2D eigenvalue weighted by atomic mass is 10.1. The molecule has 0 atom stereocenters. The van der Waals surface area contributed by atoms with Crippen molar-refractivity contribution in [1.82, 2.24) is 15.6 Å². The summed E-state index contributed by atoms with van der Waals surface area (Å²) in [7, 11) is 1.58. The molecule has 0 fully saturated rings. The minimum absolute atomic E-state index is 0.127. The van der Waals surface area contributed by atoms with E-state index >= 15 is 0 Å². The Kier molecular flexibility index (Phi) is 8.03. The van der Waals surface area contributed by atoms with Crippen molar-refractivity contribution in [2.75, 3.05) is 7.11 Å². The third-order valence-electron chi connectivity index (χ3n) is 3.94. The minimum atomic E-state index is -0.763. The van der Waals surface area contributed by atoms with Gasteiger partial charge in [-0.2, -0.15) is 0 Å². The number of pyridine rings is 1. The summed E-state index contributed by atoms with van der Waals surface area (Å²) >= 11 is 0. The summed E-state index contributed by atoms with van der Waals surface area (Å²) in [4.78, 5) is 33.5. The monoisotopic (exact) mass is 456 g/mol. The Hall–Kier alpha value is -3.62. The number of methoxy groups -OCH3 is 1. The van der Waals surface area contributed by atoms with Crippen molar-refractivity contribution in [2.45, 2.75) is 59.7 Å². The lowest BCUT2D eigenvalue weighted by Crippen LogP contribution is -2.47. The number of aromatic nitrogens is 1. The Morgan fingerprint density at radius 1 is 0.909 bits per heavy atom. The van der Waals surface area contributed by atoms with E-state index in [9.17, 15) is 9.59 Å². The first kappa shape index (κ1) is 25.6. The molecular formula is C24H32N4O5. The molecule has 0 saturated heterocycles. The molecule has 0 spiro atoms. The number of benzene rings is 1. The van der Waals surface area contributed by atoms with Crippen LogP contribution in [0.5, 0.6) is 5.75 Å². The number of amides is 2. The molecule has 9 nitrogen and oxygen atoms in total. The predicted molar refractivity (Wildman–Crippen MR) is 127 cm³/mol. The van der Waals surface area contributed by atoms with E-state index in [0.717, 1.165) is 11.1 Å². The number of carbonyl (C=O) groups excluding carboxylic acids is 2. The fraction of sp³-hybridized carbons (Fsp3) is 0.417. The van der Waals surface area contributed by atoms with Gasteiger partial charge in [0, 0.05) is 17.8 Å². The molecule has 0 aliphatic rings. The first-order valence-electron chi connectivity index (χ1n) is 10.5. The molecule has 2 amide bonds. The van der Waals surface area contributed by atoms with Crippen LogP contribution in [0.15, 0.2) is 41.5 Å². The normalized spacial score (nSPS) is 11.3. The fourth-order valence-corrected chi connectivity index (χ4v) is 2.59. The lowest BCUT2D eigenvalue weighted by Gasteiger charge is -2.22. The molecule has 0 saturated carbocycles. The second-order valence-electron chi connectivity index (χ2n) is 9.30. The van der Waals surface area contributed by atoms with Crippen molar-refractivity contribution in [3.05, 3.63) is 42.1 Å². The van der Waals surface area contributed by atoms with Gasteiger partial charge in [0.25, 0.3) is 0 Å². The number of carbonyl (C=O) groups is 2. The molecule has 2 aromatic rings. The Balaban J connectivity index is 2.41. The Bertz CT molecular complexity index is 1000. The molecule has 1 aromatic carbocycles. The van der Waals surface area contributed by atoms with Crippen LogP contribution in [0, 0.1) is 6.92 Å². The smallest absolute Gasteiger partial charge is 0.414 e. The van der Waals surface area contributed by atoms with Gasteiger partial charge in [0.05, 0.1) is 18.5 Å². The van der Waals surface area contributed by atoms with Crippen LogP contribution >= 0.6 is 0 Å². The summed E-state index contributed by atoms with van der Waals surface area (Å²) in [5.41, 5.74) is 1.35. The largest absolute Gasteiger partial charge is 0.497 e. The van der Waals surface area contributed by atoms with Gasteiger partial charge in [-0.25, -0.2) is 14.6 Å². The van der Waals surface area contributed by atoms with E-state index in [1.165, 1.54) is 0 Å². The van der Waals surface area contributed by atoms with Crippen molar-refractivity contribution < 1.29 is 23.8 Å². The lowest BCUT2D eigenvalue weighted by molar-refractivity contribution is 0.0545. The number of rotatable bonds is 3. The molecule has 0 unspecified atom stereocenters. The molecule has 9 heteroatoms. The Morgan fingerprint density at radius 3 is 2.00 bits per heavy atom. The summed E-state index contributed by atoms with van der Waals surface area (Å²) in [6.45, 7) is 12.3. The van der Waals surface area contributed by atoms with Gasteiger partial charge < -0.3 is 14.2 Å². The van der Waals surface area contributed by atoms with Crippen LogP contribution in [0.4, 0.5) is 15.3 Å². The first-order valence-corrected chi connectivity index (χ1v) is 10.5. The van der Waals surface area contributed by atoms with Gasteiger partial charge in [-0.05, 0) is 66.2 Å². The van der Waals surface area contributed by atoms with Crippen LogP contribution in [0.3, 0.4) is 0 Å². The number of guanidine groups is 1. The van der Waals surface area contributed by atoms with Gasteiger partial charge in [0.15, 0.2) is 0 Å². The summed E-state index contributed by atoms with van der Waals surface area (Å²) in [6.07, 6.45) is 0.123. The Labute approximate surface area is 194 Å². The molecule has 1 aromatic heterocycles. The SMILES string of the molecule is COc1ccnc(-c2ccc(C)c(N=C(NC(=O)OC(C)(C)C)NC(=O)OC(C)(C)C)c2)c1. The number of nitrogens with one attached hydrogen (secondary N) is 2. The molecule has 178 valence electrons. The average Bonchev–Trinajstić information content (AvgIpc) is 2.66. The van der Waals surface area contributed by atoms with Crippen molar-refractivity contribution in [2.24, 2.45) is 4.99 Å². The van der Waals surface area contributed by atoms with E-state index in [4.69, 9.17) is 14.2 Å². The predicted octanol–water partition coefficient (Wildman–Crippen LogP) is 5.10. The first-order chi connectivity index (χ1) is 15.3. The van der Waals surface area contributed by atoms with Gasteiger partial charge >= 0.3 is 12.2 Å². The van der Waals surface area contributed by atoms with Crippen molar-refractivity contribution >= 4 is 23.8 Å². The van der Waals surface area contributed by atoms with E-state index in [0.29, 0.717) is 17.1 Å². The molecule has 33 heavy (non-hydrogen) atoms.